The van der Waals surface area contributed by atoms with E-state index in [0.717, 1.165) is 31.5 Å². The number of carbonyl (C=O) groups excluding carboxylic acids is 2. The first kappa shape index (κ1) is 18.6. The second-order valence-electron chi connectivity index (χ2n) is 6.74. The summed E-state index contributed by atoms with van der Waals surface area (Å²) in [6.07, 6.45) is 3.03. The molecule has 0 saturated carbocycles. The lowest BCUT2D eigenvalue weighted by atomic mass is 10.1. The number of aryl methyl sites for hydroxylation is 1. The average Bonchev–Trinajstić information content (AvgIpc) is 3.21. The van der Waals surface area contributed by atoms with Crippen molar-refractivity contribution in [2.24, 2.45) is 5.73 Å². The summed E-state index contributed by atoms with van der Waals surface area (Å²) in [7, 11) is 0. The summed E-state index contributed by atoms with van der Waals surface area (Å²) in [4.78, 5) is 26.4. The number of carbonyl (C=O) groups is 2. The zero-order chi connectivity index (χ0) is 19.2. The minimum Gasteiger partial charge on any atom is -0.384 e. The van der Waals surface area contributed by atoms with Gasteiger partial charge in [0.25, 0.3) is 5.91 Å². The lowest BCUT2D eigenvalue weighted by molar-refractivity contribution is -0.116. The van der Waals surface area contributed by atoms with E-state index >= 15 is 0 Å². The van der Waals surface area contributed by atoms with E-state index in [2.05, 4.69) is 5.32 Å². The smallest absolute Gasteiger partial charge is 0.253 e. The predicted molar refractivity (Wildman–Crippen MR) is 106 cm³/mol. The second-order valence-corrected chi connectivity index (χ2v) is 6.74. The van der Waals surface area contributed by atoms with Crippen LogP contribution in [0.15, 0.2) is 48.5 Å². The van der Waals surface area contributed by atoms with E-state index < -0.39 is 0 Å². The number of rotatable bonds is 6. The van der Waals surface area contributed by atoms with Crippen molar-refractivity contribution in [1.29, 1.82) is 5.41 Å². The molecule has 0 aliphatic carbocycles. The second kappa shape index (κ2) is 8.49. The third-order valence-electron chi connectivity index (χ3n) is 4.69. The molecule has 0 atom stereocenters. The maximum atomic E-state index is 12.3. The molecule has 0 spiro atoms. The Hall–Kier alpha value is -3.15. The summed E-state index contributed by atoms with van der Waals surface area (Å²) < 4.78 is 0. The molecule has 6 nitrogen and oxygen atoms in total. The summed E-state index contributed by atoms with van der Waals surface area (Å²) in [6.45, 7) is 1.64. The molecule has 1 fully saturated rings. The Morgan fingerprint density at radius 1 is 1.04 bits per heavy atom. The molecule has 0 bridgehead atoms. The number of nitrogens with one attached hydrogen (secondary N) is 2. The molecule has 6 heteroatoms. The maximum Gasteiger partial charge on any atom is 0.253 e. The SMILES string of the molecule is N=C(N)c1cccc(CCC(=O)Nc2ccc(C(=O)N3CCCC3)cc2)c1. The van der Waals surface area contributed by atoms with E-state index in [1.165, 1.54) is 0 Å². The van der Waals surface area contributed by atoms with E-state index in [1.807, 2.05) is 23.1 Å². The topological polar surface area (TPSA) is 99.3 Å². The van der Waals surface area contributed by atoms with E-state index in [0.29, 0.717) is 29.7 Å². The van der Waals surface area contributed by atoms with Crippen LogP contribution in [0.3, 0.4) is 0 Å². The first-order valence-corrected chi connectivity index (χ1v) is 9.15. The van der Waals surface area contributed by atoms with Crippen LogP contribution in [0.2, 0.25) is 0 Å². The van der Waals surface area contributed by atoms with Gasteiger partial charge in [0.2, 0.25) is 5.91 Å². The van der Waals surface area contributed by atoms with Gasteiger partial charge < -0.3 is 16.0 Å². The molecule has 2 aromatic rings. The number of hydrogen-bond acceptors (Lipinski definition) is 3. The van der Waals surface area contributed by atoms with Crippen molar-refractivity contribution in [2.75, 3.05) is 18.4 Å². The van der Waals surface area contributed by atoms with E-state index in [-0.39, 0.29) is 17.6 Å². The minimum absolute atomic E-state index is 0.0184. The number of likely N-dealkylation sites (tertiary alicyclic amines) is 1. The van der Waals surface area contributed by atoms with Crippen molar-refractivity contribution in [3.8, 4) is 0 Å². The van der Waals surface area contributed by atoms with Crippen LogP contribution < -0.4 is 11.1 Å². The minimum atomic E-state index is -0.0955. The molecule has 0 unspecified atom stereocenters. The van der Waals surface area contributed by atoms with Crippen molar-refractivity contribution in [2.45, 2.75) is 25.7 Å². The van der Waals surface area contributed by atoms with Gasteiger partial charge in [-0.15, -0.1) is 0 Å². The summed E-state index contributed by atoms with van der Waals surface area (Å²) in [6, 6.07) is 14.4. The van der Waals surface area contributed by atoms with Crippen LogP contribution in [-0.4, -0.2) is 35.6 Å². The van der Waals surface area contributed by atoms with Crippen molar-refractivity contribution in [3.05, 3.63) is 65.2 Å². The van der Waals surface area contributed by atoms with Crippen molar-refractivity contribution < 1.29 is 9.59 Å². The Morgan fingerprint density at radius 2 is 1.74 bits per heavy atom. The number of nitrogens with zero attached hydrogens (tertiary/aromatic N) is 1. The summed E-state index contributed by atoms with van der Waals surface area (Å²) in [5, 5.41) is 10.3. The first-order chi connectivity index (χ1) is 13.0. The molecule has 1 saturated heterocycles. The maximum absolute atomic E-state index is 12.3. The van der Waals surface area contributed by atoms with E-state index in [9.17, 15) is 9.59 Å². The molecule has 4 N–H and O–H groups in total. The number of nitrogen functional groups attached to an aromatic ring is 1. The normalized spacial score (nSPS) is 13.4. The number of amidine groups is 1. The molecule has 3 rings (SSSR count). The van der Waals surface area contributed by atoms with Crippen LogP contribution in [0.25, 0.3) is 0 Å². The molecule has 1 heterocycles. The predicted octanol–water partition coefficient (Wildman–Crippen LogP) is 2.78. The number of nitrogens with two attached hydrogens (primary N) is 1. The zero-order valence-electron chi connectivity index (χ0n) is 15.2. The zero-order valence-corrected chi connectivity index (χ0v) is 15.2. The molecule has 2 aromatic carbocycles. The van der Waals surface area contributed by atoms with Crippen LogP contribution in [0, 0.1) is 5.41 Å². The Kier molecular flexibility index (Phi) is 5.86. The molecule has 140 valence electrons. The van der Waals surface area contributed by atoms with E-state index in [4.69, 9.17) is 11.1 Å². The molecule has 1 aliphatic rings. The van der Waals surface area contributed by atoms with Gasteiger partial charge in [-0.2, -0.15) is 0 Å². The van der Waals surface area contributed by atoms with Crippen LogP contribution in [-0.2, 0) is 11.2 Å². The number of benzene rings is 2. The van der Waals surface area contributed by atoms with Gasteiger partial charge in [-0.3, -0.25) is 15.0 Å². The molecular weight excluding hydrogens is 340 g/mol. The third kappa shape index (κ3) is 4.94. The highest BCUT2D eigenvalue weighted by molar-refractivity contribution is 5.96. The van der Waals surface area contributed by atoms with Crippen molar-refractivity contribution in [1.82, 2.24) is 4.90 Å². The lowest BCUT2D eigenvalue weighted by Crippen LogP contribution is -2.27. The van der Waals surface area contributed by atoms with Crippen LogP contribution in [0.1, 0.15) is 40.7 Å². The van der Waals surface area contributed by atoms with Gasteiger partial charge in [-0.05, 0) is 55.2 Å². The molecule has 1 aliphatic heterocycles. The Bertz CT molecular complexity index is 840. The number of hydrogen-bond donors (Lipinski definition) is 3. The third-order valence-corrected chi connectivity index (χ3v) is 4.69. The fourth-order valence-electron chi connectivity index (χ4n) is 3.17. The van der Waals surface area contributed by atoms with Gasteiger partial charge in [-0.1, -0.05) is 18.2 Å². The highest BCUT2D eigenvalue weighted by Crippen LogP contribution is 2.16. The van der Waals surface area contributed by atoms with E-state index in [1.54, 1.807) is 30.3 Å². The van der Waals surface area contributed by atoms with Gasteiger partial charge in [0.1, 0.15) is 5.84 Å². The Labute approximate surface area is 158 Å². The fraction of sp³-hybridized carbons (Fsp3) is 0.286. The van der Waals surface area contributed by atoms with Gasteiger partial charge in [0, 0.05) is 36.3 Å². The summed E-state index contributed by atoms with van der Waals surface area (Å²) in [5.74, 6) is -0.0255. The van der Waals surface area contributed by atoms with Crippen molar-refractivity contribution >= 4 is 23.3 Å². The van der Waals surface area contributed by atoms with Gasteiger partial charge in [-0.25, -0.2) is 0 Å². The van der Waals surface area contributed by atoms with Crippen LogP contribution >= 0.6 is 0 Å². The van der Waals surface area contributed by atoms with Gasteiger partial charge in [0.05, 0.1) is 0 Å². The standard InChI is InChI=1S/C21H24N4O2/c22-20(23)17-5-3-4-15(14-17)6-11-19(26)24-18-9-7-16(8-10-18)21(27)25-12-1-2-13-25/h3-5,7-10,14H,1-2,6,11-13H2,(H3,22,23)(H,24,26). The monoisotopic (exact) mass is 364 g/mol. The highest BCUT2D eigenvalue weighted by atomic mass is 16.2. The molecule has 0 aromatic heterocycles. The highest BCUT2D eigenvalue weighted by Gasteiger charge is 2.19. The summed E-state index contributed by atoms with van der Waals surface area (Å²) >= 11 is 0. The molecular formula is C21H24N4O2. The number of amides is 2. The first-order valence-electron chi connectivity index (χ1n) is 9.15. The van der Waals surface area contributed by atoms with Crippen molar-refractivity contribution in [3.63, 3.8) is 0 Å². The summed E-state index contributed by atoms with van der Waals surface area (Å²) in [5.41, 5.74) is 8.44. The lowest BCUT2D eigenvalue weighted by Gasteiger charge is -2.15. The number of anilines is 1. The van der Waals surface area contributed by atoms with Crippen LogP contribution in [0.5, 0.6) is 0 Å². The molecule has 0 radical (unpaired) electrons. The average molecular weight is 364 g/mol. The quantitative estimate of drug-likeness (QED) is 0.543. The van der Waals surface area contributed by atoms with Crippen LogP contribution in [0.4, 0.5) is 5.69 Å². The molecule has 27 heavy (non-hydrogen) atoms. The van der Waals surface area contributed by atoms with Gasteiger partial charge >= 0.3 is 0 Å². The Morgan fingerprint density at radius 3 is 2.41 bits per heavy atom. The Balaban J connectivity index is 1.52. The largest absolute Gasteiger partial charge is 0.384 e. The molecule has 2 amide bonds. The van der Waals surface area contributed by atoms with Gasteiger partial charge in [0.15, 0.2) is 0 Å². The fourth-order valence-corrected chi connectivity index (χ4v) is 3.17.